The zero-order valence-electron chi connectivity index (χ0n) is 13.7. The third kappa shape index (κ3) is 5.40. The molecule has 0 radical (unpaired) electrons. The molecule has 9 heteroatoms. The van der Waals surface area contributed by atoms with Gasteiger partial charge in [-0.1, -0.05) is 23.7 Å². The van der Waals surface area contributed by atoms with Gasteiger partial charge in [0, 0.05) is 24.2 Å². The molecule has 0 fully saturated rings. The molecule has 2 rings (SSSR count). The second-order valence-corrected chi connectivity index (χ2v) is 6.16. The van der Waals surface area contributed by atoms with E-state index < -0.39 is 11.7 Å². The number of nitrogens with one attached hydrogen (secondary N) is 2. The van der Waals surface area contributed by atoms with Crippen molar-refractivity contribution in [2.24, 2.45) is 0 Å². The van der Waals surface area contributed by atoms with Crippen LogP contribution in [-0.2, 0) is 19.3 Å². The molecule has 2 aromatic rings. The smallest absolute Gasteiger partial charge is 0.416 e. The molecule has 0 aliphatic carbocycles. The lowest BCUT2D eigenvalue weighted by Gasteiger charge is -2.13. The SMILES string of the molecule is COc1cc(CNC(=S)NCc2ccc(C(F)(F)F)cc2)c(Cl)cc1O. The van der Waals surface area contributed by atoms with E-state index in [1.54, 1.807) is 6.07 Å². The van der Waals surface area contributed by atoms with Crippen LogP contribution in [-0.4, -0.2) is 17.3 Å². The van der Waals surface area contributed by atoms with Crippen LogP contribution in [0.25, 0.3) is 0 Å². The van der Waals surface area contributed by atoms with Gasteiger partial charge in [-0.05, 0) is 41.5 Å². The van der Waals surface area contributed by atoms with Crippen LogP contribution >= 0.6 is 23.8 Å². The number of benzene rings is 2. The minimum atomic E-state index is -4.35. The summed E-state index contributed by atoms with van der Waals surface area (Å²) < 4.78 is 42.6. The topological polar surface area (TPSA) is 53.5 Å². The summed E-state index contributed by atoms with van der Waals surface area (Å²) in [6.07, 6.45) is -4.35. The minimum absolute atomic E-state index is 0.0655. The second kappa shape index (κ2) is 8.46. The molecular weight excluding hydrogens is 389 g/mol. The summed E-state index contributed by atoms with van der Waals surface area (Å²) in [7, 11) is 1.43. The van der Waals surface area contributed by atoms with Crippen molar-refractivity contribution in [2.45, 2.75) is 19.3 Å². The molecule has 0 saturated carbocycles. The number of hydrogen-bond acceptors (Lipinski definition) is 3. The lowest BCUT2D eigenvalue weighted by atomic mass is 10.1. The Morgan fingerprint density at radius 3 is 2.35 bits per heavy atom. The quantitative estimate of drug-likeness (QED) is 0.651. The molecule has 0 unspecified atom stereocenters. The Hall–Kier alpha value is -2.19. The number of methoxy groups -OCH3 is 1. The molecule has 3 N–H and O–H groups in total. The predicted octanol–water partition coefficient (Wildman–Crippen LogP) is 4.24. The lowest BCUT2D eigenvalue weighted by molar-refractivity contribution is -0.137. The first-order valence-electron chi connectivity index (χ1n) is 7.44. The van der Waals surface area contributed by atoms with Gasteiger partial charge in [-0.25, -0.2) is 0 Å². The zero-order valence-corrected chi connectivity index (χ0v) is 15.2. The van der Waals surface area contributed by atoms with E-state index in [4.69, 9.17) is 28.6 Å². The van der Waals surface area contributed by atoms with Crippen molar-refractivity contribution < 1.29 is 23.0 Å². The van der Waals surface area contributed by atoms with E-state index in [2.05, 4.69) is 10.6 Å². The largest absolute Gasteiger partial charge is 0.504 e. The van der Waals surface area contributed by atoms with Crippen molar-refractivity contribution in [3.63, 3.8) is 0 Å². The summed E-state index contributed by atoms with van der Waals surface area (Å²) in [4.78, 5) is 0. The van der Waals surface area contributed by atoms with Gasteiger partial charge in [-0.3, -0.25) is 0 Å². The van der Waals surface area contributed by atoms with Gasteiger partial charge in [0.2, 0.25) is 0 Å². The Kier molecular flexibility index (Phi) is 6.55. The third-order valence-corrected chi connectivity index (χ3v) is 4.16. The highest BCUT2D eigenvalue weighted by molar-refractivity contribution is 7.80. The van der Waals surface area contributed by atoms with Gasteiger partial charge in [0.15, 0.2) is 16.6 Å². The van der Waals surface area contributed by atoms with Crippen LogP contribution in [0, 0.1) is 0 Å². The first-order chi connectivity index (χ1) is 12.2. The molecule has 0 atom stereocenters. The maximum Gasteiger partial charge on any atom is 0.416 e. The summed E-state index contributed by atoms with van der Waals surface area (Å²) in [5, 5.41) is 16.1. The van der Waals surface area contributed by atoms with Crippen LogP contribution in [0.15, 0.2) is 36.4 Å². The number of phenols is 1. The Bertz CT molecular complexity index is 783. The highest BCUT2D eigenvalue weighted by Crippen LogP contribution is 2.32. The number of phenolic OH excluding ortho intramolecular Hbond substituents is 1. The van der Waals surface area contributed by atoms with Crippen LogP contribution in [0.2, 0.25) is 5.02 Å². The van der Waals surface area contributed by atoms with Crippen LogP contribution in [0.5, 0.6) is 11.5 Å². The fourth-order valence-corrected chi connectivity index (χ4v) is 2.48. The normalized spacial score (nSPS) is 11.1. The molecular formula is C17H16ClF3N2O2S. The molecule has 2 aromatic carbocycles. The van der Waals surface area contributed by atoms with Gasteiger partial charge < -0.3 is 20.5 Å². The Morgan fingerprint density at radius 2 is 1.77 bits per heavy atom. The molecule has 0 amide bonds. The molecule has 0 spiro atoms. The molecule has 0 aliphatic heterocycles. The number of thiocarbonyl (C=S) groups is 1. The molecule has 140 valence electrons. The number of alkyl halides is 3. The number of ether oxygens (including phenoxy) is 1. The number of rotatable bonds is 5. The van der Waals surface area contributed by atoms with Gasteiger partial charge in [-0.2, -0.15) is 13.2 Å². The molecule has 0 heterocycles. The van der Waals surface area contributed by atoms with Gasteiger partial charge in [0.25, 0.3) is 0 Å². The first kappa shape index (κ1) is 20.1. The van der Waals surface area contributed by atoms with E-state index in [1.165, 1.54) is 25.3 Å². The Balaban J connectivity index is 1.88. The van der Waals surface area contributed by atoms with Gasteiger partial charge in [0.05, 0.1) is 12.7 Å². The van der Waals surface area contributed by atoms with Crippen LogP contribution < -0.4 is 15.4 Å². The molecule has 0 aliphatic rings. The highest BCUT2D eigenvalue weighted by atomic mass is 35.5. The standard InChI is InChI=1S/C17H16ClF3N2O2S/c1-25-15-6-11(13(18)7-14(15)24)9-23-16(26)22-8-10-2-4-12(5-3-10)17(19,20)21/h2-7,24H,8-9H2,1H3,(H2,22,23,26). The van der Waals surface area contributed by atoms with Crippen molar-refractivity contribution in [1.82, 2.24) is 10.6 Å². The van der Waals surface area contributed by atoms with Crippen molar-refractivity contribution in [3.8, 4) is 11.5 Å². The van der Waals surface area contributed by atoms with Crippen LogP contribution in [0.1, 0.15) is 16.7 Å². The van der Waals surface area contributed by atoms with Crippen molar-refractivity contribution in [1.29, 1.82) is 0 Å². The third-order valence-electron chi connectivity index (χ3n) is 3.52. The van der Waals surface area contributed by atoms with E-state index in [1.807, 2.05) is 0 Å². The molecule has 0 aromatic heterocycles. The van der Waals surface area contributed by atoms with Crippen LogP contribution in [0.4, 0.5) is 13.2 Å². The highest BCUT2D eigenvalue weighted by Gasteiger charge is 2.29. The van der Waals surface area contributed by atoms with Crippen molar-refractivity contribution in [2.75, 3.05) is 7.11 Å². The van der Waals surface area contributed by atoms with Crippen molar-refractivity contribution in [3.05, 3.63) is 58.1 Å². The first-order valence-corrected chi connectivity index (χ1v) is 8.22. The Morgan fingerprint density at radius 1 is 1.15 bits per heavy atom. The zero-order chi connectivity index (χ0) is 19.3. The van der Waals surface area contributed by atoms with Gasteiger partial charge in [-0.15, -0.1) is 0 Å². The molecule has 0 saturated heterocycles. The summed E-state index contributed by atoms with van der Waals surface area (Å²) >= 11 is 11.2. The average Bonchev–Trinajstić information content (AvgIpc) is 2.59. The molecule has 4 nitrogen and oxygen atoms in total. The maximum absolute atomic E-state index is 12.5. The summed E-state index contributed by atoms with van der Waals surface area (Å²) in [5.41, 5.74) is 0.629. The average molecular weight is 405 g/mol. The molecule has 26 heavy (non-hydrogen) atoms. The fourth-order valence-electron chi connectivity index (χ4n) is 2.12. The second-order valence-electron chi connectivity index (χ2n) is 5.35. The number of halogens is 4. The van der Waals surface area contributed by atoms with Gasteiger partial charge >= 0.3 is 6.18 Å². The fraction of sp³-hybridized carbons (Fsp3) is 0.235. The van der Waals surface area contributed by atoms with E-state index in [0.29, 0.717) is 21.3 Å². The Labute approximate surface area is 158 Å². The lowest BCUT2D eigenvalue weighted by Crippen LogP contribution is -2.34. The summed E-state index contributed by atoms with van der Waals surface area (Å²) in [6, 6.07) is 7.78. The van der Waals surface area contributed by atoms with E-state index >= 15 is 0 Å². The monoisotopic (exact) mass is 404 g/mol. The van der Waals surface area contributed by atoms with Crippen molar-refractivity contribution >= 4 is 28.9 Å². The predicted molar refractivity (Wildman–Crippen MR) is 97.4 cm³/mol. The summed E-state index contributed by atoms with van der Waals surface area (Å²) in [5.74, 6) is 0.221. The minimum Gasteiger partial charge on any atom is -0.504 e. The van der Waals surface area contributed by atoms with E-state index in [9.17, 15) is 18.3 Å². The van der Waals surface area contributed by atoms with Gasteiger partial charge in [0.1, 0.15) is 0 Å². The number of aromatic hydroxyl groups is 1. The van der Waals surface area contributed by atoms with E-state index in [0.717, 1.165) is 12.1 Å². The van der Waals surface area contributed by atoms with E-state index in [-0.39, 0.29) is 24.6 Å². The number of hydrogen-bond donors (Lipinski definition) is 3. The van der Waals surface area contributed by atoms with Crippen LogP contribution in [0.3, 0.4) is 0 Å². The summed E-state index contributed by atoms with van der Waals surface area (Å²) in [6.45, 7) is 0.560. The maximum atomic E-state index is 12.5. The molecule has 0 bridgehead atoms.